The minimum atomic E-state index is 1.32. The Labute approximate surface area is 113 Å². The zero-order valence-electron chi connectivity index (χ0n) is 9.59. The molecular weight excluding hydrogens is 256 g/mol. The summed E-state index contributed by atoms with van der Waals surface area (Å²) in [7, 11) is 0. The standard InChI is InChI=1S/C16H10S2/c1-2-4-15-11(3-1)8-16(18-15)12-5-6-13-9-17-10-14(13)7-12/h1-10H. The van der Waals surface area contributed by atoms with E-state index < -0.39 is 0 Å². The molecule has 0 N–H and O–H groups in total. The summed E-state index contributed by atoms with van der Waals surface area (Å²) < 4.78 is 1.36. The van der Waals surface area contributed by atoms with Crippen LogP contribution in [0.3, 0.4) is 0 Å². The summed E-state index contributed by atoms with van der Waals surface area (Å²) >= 11 is 3.63. The van der Waals surface area contributed by atoms with E-state index in [1.807, 2.05) is 11.3 Å². The van der Waals surface area contributed by atoms with Gasteiger partial charge in [-0.1, -0.05) is 30.3 Å². The summed E-state index contributed by atoms with van der Waals surface area (Å²) in [5.74, 6) is 0. The second-order valence-corrected chi connectivity index (χ2v) is 6.19. The van der Waals surface area contributed by atoms with Crippen LogP contribution in [0, 0.1) is 0 Å². The molecule has 0 aliphatic carbocycles. The lowest BCUT2D eigenvalue weighted by atomic mass is 10.1. The molecule has 0 spiro atoms. The smallest absolute Gasteiger partial charge is 0.0355 e. The third-order valence-electron chi connectivity index (χ3n) is 3.19. The summed E-state index contributed by atoms with van der Waals surface area (Å²) in [4.78, 5) is 1.35. The van der Waals surface area contributed by atoms with Crippen molar-refractivity contribution in [2.75, 3.05) is 0 Å². The fourth-order valence-electron chi connectivity index (χ4n) is 2.24. The normalized spacial score (nSPS) is 11.3. The molecule has 0 amide bonds. The molecule has 2 aromatic carbocycles. The van der Waals surface area contributed by atoms with Crippen LogP contribution < -0.4 is 0 Å². The second kappa shape index (κ2) is 3.94. The van der Waals surface area contributed by atoms with Crippen LogP contribution in [0.25, 0.3) is 31.3 Å². The van der Waals surface area contributed by atoms with Crippen molar-refractivity contribution < 1.29 is 0 Å². The molecule has 18 heavy (non-hydrogen) atoms. The van der Waals surface area contributed by atoms with Crippen molar-refractivity contribution >= 4 is 43.5 Å². The summed E-state index contributed by atoms with van der Waals surface area (Å²) in [5.41, 5.74) is 1.32. The van der Waals surface area contributed by atoms with Gasteiger partial charge in [0.25, 0.3) is 0 Å². The maximum absolute atomic E-state index is 2.29. The van der Waals surface area contributed by atoms with Crippen LogP contribution in [-0.4, -0.2) is 0 Å². The minimum Gasteiger partial charge on any atom is -0.151 e. The molecule has 0 saturated carbocycles. The lowest BCUT2D eigenvalue weighted by molar-refractivity contribution is 1.80. The van der Waals surface area contributed by atoms with Crippen molar-refractivity contribution in [3.63, 3.8) is 0 Å². The number of benzene rings is 2. The lowest BCUT2D eigenvalue weighted by Crippen LogP contribution is -1.70. The van der Waals surface area contributed by atoms with E-state index >= 15 is 0 Å². The molecule has 2 heteroatoms. The van der Waals surface area contributed by atoms with E-state index in [2.05, 4.69) is 59.3 Å². The van der Waals surface area contributed by atoms with Gasteiger partial charge < -0.3 is 0 Å². The van der Waals surface area contributed by atoms with Crippen molar-refractivity contribution in [2.45, 2.75) is 0 Å². The van der Waals surface area contributed by atoms with Crippen molar-refractivity contribution in [3.05, 3.63) is 59.3 Å². The molecule has 0 nitrogen and oxygen atoms in total. The lowest BCUT2D eigenvalue weighted by Gasteiger charge is -1.97. The second-order valence-electron chi connectivity index (χ2n) is 4.36. The molecule has 86 valence electrons. The van der Waals surface area contributed by atoms with Gasteiger partial charge in [0.15, 0.2) is 0 Å². The Bertz CT molecular complexity index is 803. The Morgan fingerprint density at radius 1 is 0.722 bits per heavy atom. The molecule has 2 heterocycles. The van der Waals surface area contributed by atoms with Crippen LogP contribution in [0.1, 0.15) is 0 Å². The molecule has 0 unspecified atom stereocenters. The van der Waals surface area contributed by atoms with E-state index in [0.29, 0.717) is 0 Å². The Kier molecular flexibility index (Phi) is 2.25. The quantitative estimate of drug-likeness (QED) is 0.409. The number of hydrogen-bond acceptors (Lipinski definition) is 2. The Hall–Kier alpha value is -1.64. The monoisotopic (exact) mass is 266 g/mol. The van der Waals surface area contributed by atoms with Crippen LogP contribution in [0.5, 0.6) is 0 Å². The van der Waals surface area contributed by atoms with Gasteiger partial charge in [0, 0.05) is 9.58 Å². The van der Waals surface area contributed by atoms with Gasteiger partial charge in [0.2, 0.25) is 0 Å². The van der Waals surface area contributed by atoms with Gasteiger partial charge in [-0.2, -0.15) is 11.3 Å². The number of fused-ring (bicyclic) bond motifs is 2. The first-order valence-electron chi connectivity index (χ1n) is 5.85. The highest BCUT2D eigenvalue weighted by atomic mass is 32.1. The number of rotatable bonds is 1. The first-order chi connectivity index (χ1) is 8.90. The van der Waals surface area contributed by atoms with Gasteiger partial charge in [0.1, 0.15) is 0 Å². The predicted molar refractivity (Wildman–Crippen MR) is 82.6 cm³/mol. The van der Waals surface area contributed by atoms with Crippen LogP contribution in [0.15, 0.2) is 59.3 Å². The molecule has 0 saturated heterocycles. The highest BCUT2D eigenvalue weighted by Gasteiger charge is 2.04. The van der Waals surface area contributed by atoms with Crippen LogP contribution in [0.4, 0.5) is 0 Å². The van der Waals surface area contributed by atoms with Crippen LogP contribution in [-0.2, 0) is 0 Å². The van der Waals surface area contributed by atoms with E-state index in [1.54, 1.807) is 11.3 Å². The van der Waals surface area contributed by atoms with Gasteiger partial charge in [0.05, 0.1) is 0 Å². The molecule has 0 aliphatic rings. The third kappa shape index (κ3) is 1.57. The molecule has 4 aromatic rings. The maximum atomic E-state index is 2.29. The van der Waals surface area contributed by atoms with Crippen LogP contribution in [0.2, 0.25) is 0 Å². The fourth-order valence-corrected chi connectivity index (χ4v) is 4.08. The summed E-state index contributed by atoms with van der Waals surface area (Å²) in [6.07, 6.45) is 0. The fraction of sp³-hybridized carbons (Fsp3) is 0. The average molecular weight is 266 g/mol. The Balaban J connectivity index is 1.94. The Morgan fingerprint density at radius 3 is 2.56 bits per heavy atom. The van der Waals surface area contributed by atoms with E-state index in [9.17, 15) is 0 Å². The maximum Gasteiger partial charge on any atom is 0.0355 e. The van der Waals surface area contributed by atoms with Gasteiger partial charge >= 0.3 is 0 Å². The largest absolute Gasteiger partial charge is 0.151 e. The van der Waals surface area contributed by atoms with Gasteiger partial charge in [-0.15, -0.1) is 11.3 Å². The first-order valence-corrected chi connectivity index (χ1v) is 7.61. The van der Waals surface area contributed by atoms with E-state index in [1.165, 1.54) is 31.3 Å². The average Bonchev–Trinajstić information content (AvgIpc) is 3.04. The third-order valence-corrected chi connectivity index (χ3v) is 5.13. The highest BCUT2D eigenvalue weighted by Crippen LogP contribution is 2.35. The predicted octanol–water partition coefficient (Wildman–Crippen LogP) is 5.78. The van der Waals surface area contributed by atoms with Crippen molar-refractivity contribution in [2.24, 2.45) is 0 Å². The molecule has 0 atom stereocenters. The zero-order chi connectivity index (χ0) is 11.9. The van der Waals surface area contributed by atoms with E-state index in [0.717, 1.165) is 0 Å². The number of thiophene rings is 2. The molecule has 0 fully saturated rings. The molecule has 0 radical (unpaired) electrons. The van der Waals surface area contributed by atoms with Gasteiger partial charge in [-0.25, -0.2) is 0 Å². The molecule has 4 rings (SSSR count). The summed E-state index contributed by atoms with van der Waals surface area (Å²) in [6, 6.07) is 17.6. The van der Waals surface area contributed by atoms with E-state index in [-0.39, 0.29) is 0 Å². The van der Waals surface area contributed by atoms with Gasteiger partial charge in [-0.3, -0.25) is 0 Å². The minimum absolute atomic E-state index is 1.32. The van der Waals surface area contributed by atoms with Crippen LogP contribution >= 0.6 is 22.7 Å². The van der Waals surface area contributed by atoms with E-state index in [4.69, 9.17) is 0 Å². The summed E-state index contributed by atoms with van der Waals surface area (Å²) in [5, 5.41) is 8.43. The van der Waals surface area contributed by atoms with Crippen molar-refractivity contribution in [1.82, 2.24) is 0 Å². The first kappa shape index (κ1) is 10.3. The Morgan fingerprint density at radius 2 is 1.61 bits per heavy atom. The van der Waals surface area contributed by atoms with Crippen molar-refractivity contribution in [3.8, 4) is 10.4 Å². The topological polar surface area (TPSA) is 0 Å². The number of hydrogen-bond donors (Lipinski definition) is 0. The van der Waals surface area contributed by atoms with Crippen molar-refractivity contribution in [1.29, 1.82) is 0 Å². The van der Waals surface area contributed by atoms with Gasteiger partial charge in [-0.05, 0) is 50.7 Å². The SMILES string of the molecule is c1ccc2sc(-c3ccc4cscc4c3)cc2c1. The molecular formula is C16H10S2. The highest BCUT2D eigenvalue weighted by molar-refractivity contribution is 7.22. The molecule has 2 aromatic heterocycles. The molecule has 0 aliphatic heterocycles. The molecule has 0 bridgehead atoms. The summed E-state index contributed by atoms with van der Waals surface area (Å²) in [6.45, 7) is 0. The zero-order valence-corrected chi connectivity index (χ0v) is 11.2.